The number of β-amino-alcohol motifs (C(OH)–C–C–N with tert-alkyl or cyclic N) is 1. The van der Waals surface area contributed by atoms with E-state index in [0.29, 0.717) is 0 Å². The number of hydrogen-bond donors (Lipinski definition) is 6. The molecule has 0 unspecified atom stereocenters. The highest BCUT2D eigenvalue weighted by atomic mass is 31.2. The minimum Gasteiger partial charge on any atom is -0.389 e. The number of aromatic nitrogens is 4. The molecule has 0 radical (unpaired) electrons. The molecule has 1 aliphatic rings. The second kappa shape index (κ2) is 5.76. The van der Waals surface area contributed by atoms with E-state index in [0.717, 1.165) is 0 Å². The van der Waals surface area contributed by atoms with Gasteiger partial charge in [-0.05, 0) is 0 Å². The normalized spacial score (nSPS) is 21.6. The minimum atomic E-state index is -4.24. The van der Waals surface area contributed by atoms with Gasteiger partial charge < -0.3 is 20.3 Å². The van der Waals surface area contributed by atoms with E-state index in [1.807, 2.05) is 0 Å². The molecule has 2 aromatic heterocycles. The first-order valence-electron chi connectivity index (χ1n) is 6.90. The standard InChI is InChI=1S/C11H15N6O6P/c12-11-14-9-8(10(20)15-11)13-4-17(9)5-1-16(2-6(5)18)7(19)3-24(21,22)23/h4-6,18,21-23H,1-3H2,(H2-,12,14,15,20)/p+1/t5-,6+/m0/s1. The van der Waals surface area contributed by atoms with Gasteiger partial charge >= 0.3 is 7.94 Å². The van der Waals surface area contributed by atoms with Crippen LogP contribution >= 0.6 is 7.94 Å². The SMILES string of the molecule is Nc1nc2c(ncn2[C@H]2CN(C(=O)C[P+](O)(O)O)C[C@H]2O)c(=O)[nH]1. The Labute approximate surface area is 134 Å². The molecule has 1 saturated heterocycles. The van der Waals surface area contributed by atoms with Gasteiger partial charge in [0.15, 0.2) is 11.2 Å². The number of H-pyrrole nitrogens is 1. The number of nitrogen functional groups attached to an aromatic ring is 1. The molecule has 2 aromatic rings. The number of rotatable bonds is 3. The number of nitrogens with one attached hydrogen (secondary N) is 1. The number of hydrogen-bond acceptors (Lipinski definition) is 9. The van der Waals surface area contributed by atoms with E-state index in [-0.39, 0.29) is 30.2 Å². The molecule has 13 heteroatoms. The number of likely N-dealkylation sites (tertiary alicyclic amines) is 1. The third-order valence-corrected chi connectivity index (χ3v) is 4.46. The maximum Gasteiger partial charge on any atom is 0.413 e. The molecule has 3 rings (SSSR count). The van der Waals surface area contributed by atoms with E-state index in [9.17, 15) is 14.7 Å². The predicted octanol–water partition coefficient (Wildman–Crippen LogP) is -2.81. The molecule has 24 heavy (non-hydrogen) atoms. The number of aliphatic hydroxyl groups is 1. The van der Waals surface area contributed by atoms with Gasteiger partial charge in [-0.2, -0.15) is 19.7 Å². The molecule has 1 amide bonds. The van der Waals surface area contributed by atoms with Crippen LogP contribution in [0.5, 0.6) is 0 Å². The molecule has 12 nitrogen and oxygen atoms in total. The van der Waals surface area contributed by atoms with Gasteiger partial charge in [0, 0.05) is 13.1 Å². The van der Waals surface area contributed by atoms with E-state index in [1.165, 1.54) is 15.8 Å². The Morgan fingerprint density at radius 2 is 2.12 bits per heavy atom. The maximum absolute atomic E-state index is 11.9. The van der Waals surface area contributed by atoms with Gasteiger partial charge in [0.1, 0.15) is 0 Å². The molecular formula is C11H16N6O6P+. The Morgan fingerprint density at radius 3 is 2.79 bits per heavy atom. The summed E-state index contributed by atoms with van der Waals surface area (Å²) < 4.78 is 1.44. The number of amides is 1. The van der Waals surface area contributed by atoms with Crippen molar-refractivity contribution in [1.29, 1.82) is 0 Å². The van der Waals surface area contributed by atoms with Crippen LogP contribution in [0.3, 0.4) is 0 Å². The summed E-state index contributed by atoms with van der Waals surface area (Å²) in [5, 5.41) is 10.2. The summed E-state index contributed by atoms with van der Waals surface area (Å²) in [7, 11) is -4.24. The zero-order valence-electron chi connectivity index (χ0n) is 12.3. The highest BCUT2D eigenvalue weighted by Gasteiger charge is 2.41. The molecule has 0 spiro atoms. The van der Waals surface area contributed by atoms with E-state index in [2.05, 4.69) is 15.0 Å². The topological polar surface area (TPSA) is 191 Å². The average Bonchev–Trinajstić information content (AvgIpc) is 3.00. The van der Waals surface area contributed by atoms with Crippen molar-refractivity contribution in [3.63, 3.8) is 0 Å². The molecule has 2 atom stereocenters. The highest BCUT2D eigenvalue weighted by molar-refractivity contribution is 7.59. The van der Waals surface area contributed by atoms with Gasteiger partial charge in [-0.25, -0.2) is 4.98 Å². The number of fused-ring (bicyclic) bond motifs is 1. The van der Waals surface area contributed by atoms with Crippen molar-refractivity contribution in [2.24, 2.45) is 0 Å². The molecule has 7 N–H and O–H groups in total. The third-order valence-electron chi connectivity index (χ3n) is 3.77. The number of aliphatic hydroxyl groups excluding tert-OH is 1. The van der Waals surface area contributed by atoms with E-state index in [1.54, 1.807) is 0 Å². The molecular weight excluding hydrogens is 343 g/mol. The number of carbonyl (C=O) groups is 1. The van der Waals surface area contributed by atoms with E-state index >= 15 is 0 Å². The largest absolute Gasteiger partial charge is 0.413 e. The van der Waals surface area contributed by atoms with E-state index in [4.69, 9.17) is 20.4 Å². The fourth-order valence-corrected chi connectivity index (χ4v) is 3.28. The van der Waals surface area contributed by atoms with Crippen molar-refractivity contribution in [2.75, 3.05) is 25.0 Å². The van der Waals surface area contributed by atoms with Crippen LogP contribution in [0.4, 0.5) is 5.95 Å². The summed E-state index contributed by atoms with van der Waals surface area (Å²) in [4.78, 5) is 62.2. The lowest BCUT2D eigenvalue weighted by Crippen LogP contribution is -2.32. The summed E-state index contributed by atoms with van der Waals surface area (Å²) in [6.45, 7) is -0.0400. The zero-order valence-corrected chi connectivity index (χ0v) is 13.2. The molecule has 0 aliphatic carbocycles. The van der Waals surface area contributed by atoms with Crippen molar-refractivity contribution in [3.8, 4) is 0 Å². The Kier molecular flexibility index (Phi) is 4.01. The van der Waals surface area contributed by atoms with Crippen LogP contribution in [-0.4, -0.2) is 75.5 Å². The van der Waals surface area contributed by atoms with Crippen LogP contribution in [0.25, 0.3) is 11.2 Å². The first-order chi connectivity index (χ1) is 11.2. The summed E-state index contributed by atoms with van der Waals surface area (Å²) in [6.07, 6.45) is -0.491. The molecule has 0 saturated carbocycles. The van der Waals surface area contributed by atoms with Crippen LogP contribution < -0.4 is 11.3 Å². The minimum absolute atomic E-state index is 0.0276. The fourth-order valence-electron chi connectivity index (χ4n) is 2.71. The summed E-state index contributed by atoms with van der Waals surface area (Å²) in [5.41, 5.74) is 5.21. The monoisotopic (exact) mass is 359 g/mol. The number of aromatic amines is 1. The van der Waals surface area contributed by atoms with Crippen LogP contribution in [0.15, 0.2) is 11.1 Å². The van der Waals surface area contributed by atoms with Crippen LogP contribution in [0.2, 0.25) is 0 Å². The average molecular weight is 359 g/mol. The second-order valence-electron chi connectivity index (χ2n) is 5.56. The van der Waals surface area contributed by atoms with Crippen molar-refractivity contribution in [1.82, 2.24) is 24.4 Å². The Hall–Kier alpha value is -2.11. The van der Waals surface area contributed by atoms with Crippen molar-refractivity contribution in [3.05, 3.63) is 16.7 Å². The van der Waals surface area contributed by atoms with Gasteiger partial charge in [-0.15, -0.1) is 0 Å². The van der Waals surface area contributed by atoms with Crippen molar-refractivity contribution >= 4 is 31.0 Å². The van der Waals surface area contributed by atoms with Gasteiger partial charge in [0.05, 0.1) is 18.5 Å². The third kappa shape index (κ3) is 3.09. The first-order valence-corrected chi connectivity index (χ1v) is 8.73. The first kappa shape index (κ1) is 16.7. The smallest absolute Gasteiger partial charge is 0.389 e. The van der Waals surface area contributed by atoms with Crippen molar-refractivity contribution in [2.45, 2.75) is 12.1 Å². The molecule has 1 aliphatic heterocycles. The highest BCUT2D eigenvalue weighted by Crippen LogP contribution is 2.44. The molecule has 1 fully saturated rings. The number of anilines is 1. The Balaban J connectivity index is 1.89. The summed E-state index contributed by atoms with van der Waals surface area (Å²) in [6, 6.07) is -0.642. The van der Waals surface area contributed by atoms with Crippen molar-refractivity contribution < 1.29 is 24.6 Å². The Morgan fingerprint density at radius 1 is 1.42 bits per heavy atom. The number of carbonyl (C=O) groups excluding carboxylic acids is 1. The second-order valence-corrected chi connectivity index (χ2v) is 7.26. The lowest BCUT2D eigenvalue weighted by Gasteiger charge is -2.16. The Bertz CT molecular complexity index is 844. The zero-order chi connectivity index (χ0) is 17.6. The molecule has 0 aromatic carbocycles. The lowest BCUT2D eigenvalue weighted by molar-refractivity contribution is -0.128. The van der Waals surface area contributed by atoms with Gasteiger partial charge in [-0.1, -0.05) is 0 Å². The fraction of sp³-hybridized carbons (Fsp3) is 0.455. The molecule has 130 valence electrons. The number of imidazole rings is 1. The van der Waals surface area contributed by atoms with Crippen LogP contribution in [-0.2, 0) is 4.79 Å². The van der Waals surface area contributed by atoms with Gasteiger partial charge in [-0.3, -0.25) is 14.6 Å². The van der Waals surface area contributed by atoms with Gasteiger partial charge in [0.25, 0.3) is 11.5 Å². The summed E-state index contributed by atoms with van der Waals surface area (Å²) >= 11 is 0. The number of nitrogens with two attached hydrogens (primary N) is 1. The quantitative estimate of drug-likeness (QED) is 0.314. The van der Waals surface area contributed by atoms with E-state index < -0.39 is 37.7 Å². The predicted molar refractivity (Wildman–Crippen MR) is 82.6 cm³/mol. The molecule has 3 heterocycles. The van der Waals surface area contributed by atoms with Gasteiger partial charge in [0.2, 0.25) is 12.1 Å². The maximum atomic E-state index is 11.9. The van der Waals surface area contributed by atoms with Crippen LogP contribution in [0.1, 0.15) is 6.04 Å². The molecule has 0 bridgehead atoms. The number of nitrogens with zero attached hydrogens (tertiary/aromatic N) is 4. The summed E-state index contributed by atoms with van der Waals surface area (Å²) in [5.74, 6) is -0.808. The lowest BCUT2D eigenvalue weighted by atomic mass is 10.2. The van der Waals surface area contributed by atoms with Crippen LogP contribution in [0, 0.1) is 0 Å².